The average molecular weight is 949 g/mol. The van der Waals surface area contributed by atoms with E-state index in [1.165, 1.54) is 76.0 Å². The van der Waals surface area contributed by atoms with Gasteiger partial charge in [-0.3, -0.25) is 0 Å². The van der Waals surface area contributed by atoms with Crippen LogP contribution in [0.5, 0.6) is 0 Å². The highest BCUT2D eigenvalue weighted by molar-refractivity contribution is 7.22. The summed E-state index contributed by atoms with van der Waals surface area (Å²) in [5.41, 5.74) is 18.7. The Morgan fingerprint density at radius 2 is 0.959 bits per heavy atom. The summed E-state index contributed by atoms with van der Waals surface area (Å²) in [5.74, 6) is 0. The Bertz CT molecular complexity index is 4330. The molecular weight excluding hydrogens is 901 g/mol. The second-order valence-electron chi connectivity index (χ2n) is 20.4. The number of benzene rings is 11. The van der Waals surface area contributed by atoms with Gasteiger partial charge in [-0.1, -0.05) is 196 Å². The molecule has 3 nitrogen and oxygen atoms in total. The third-order valence-electron chi connectivity index (χ3n) is 16.3. The zero-order valence-electron chi connectivity index (χ0n) is 40.6. The molecule has 1 aliphatic carbocycles. The second-order valence-corrected chi connectivity index (χ2v) is 24.1. The predicted octanol–water partition coefficient (Wildman–Crippen LogP) is 15.5. The van der Waals surface area contributed by atoms with E-state index in [2.05, 4.69) is 278 Å². The summed E-state index contributed by atoms with van der Waals surface area (Å²) in [5, 5.41) is 10.3. The normalized spacial score (nSPS) is 13.8. The molecule has 2 aromatic heterocycles. The molecule has 344 valence electrons. The Balaban J connectivity index is 0.885. The first-order chi connectivity index (χ1) is 35.9. The van der Waals surface area contributed by atoms with Crippen LogP contribution in [0.25, 0.3) is 82.8 Å². The van der Waals surface area contributed by atoms with E-state index < -0.39 is 8.07 Å². The predicted molar refractivity (Wildman–Crippen MR) is 308 cm³/mol. The van der Waals surface area contributed by atoms with Gasteiger partial charge in [0, 0.05) is 49.7 Å². The van der Waals surface area contributed by atoms with E-state index in [0.717, 1.165) is 55.8 Å². The van der Waals surface area contributed by atoms with Crippen LogP contribution in [0.3, 0.4) is 0 Å². The molecule has 73 heavy (non-hydrogen) atoms. The Morgan fingerprint density at radius 3 is 1.77 bits per heavy atom. The van der Waals surface area contributed by atoms with Crippen LogP contribution in [0.1, 0.15) is 25.0 Å². The maximum Gasteiger partial charge on any atom is 0.180 e. The van der Waals surface area contributed by atoms with Crippen LogP contribution in [0.2, 0.25) is 0 Å². The van der Waals surface area contributed by atoms with Gasteiger partial charge < -0.3 is 13.9 Å². The molecule has 0 spiro atoms. The Hall–Kier alpha value is -8.96. The topological polar surface area (TPSA) is 21.3 Å². The molecule has 0 fully saturated rings. The molecule has 0 bridgehead atoms. The third kappa shape index (κ3) is 6.05. The summed E-state index contributed by atoms with van der Waals surface area (Å²) in [6.45, 7) is 4.72. The summed E-state index contributed by atoms with van der Waals surface area (Å²) >= 11 is 0. The Labute approximate surface area is 425 Å². The fourth-order valence-electron chi connectivity index (χ4n) is 13.0. The molecule has 0 saturated heterocycles. The number of furan rings is 1. The fourth-order valence-corrected chi connectivity index (χ4v) is 18.2. The highest BCUT2D eigenvalue weighted by Gasteiger charge is 2.48. The average Bonchev–Trinajstić information content (AvgIpc) is 4.15. The van der Waals surface area contributed by atoms with Gasteiger partial charge in [0.2, 0.25) is 0 Å². The maximum absolute atomic E-state index is 6.84. The first kappa shape index (κ1) is 41.8. The lowest BCUT2D eigenvalue weighted by atomic mass is 9.82. The van der Waals surface area contributed by atoms with Crippen molar-refractivity contribution in [1.29, 1.82) is 0 Å². The zero-order valence-corrected chi connectivity index (χ0v) is 41.6. The van der Waals surface area contributed by atoms with Crippen LogP contribution in [-0.2, 0) is 5.41 Å². The van der Waals surface area contributed by atoms with Gasteiger partial charge in [0.15, 0.2) is 8.07 Å². The minimum absolute atomic E-state index is 0.157. The maximum atomic E-state index is 6.84. The first-order valence-electron chi connectivity index (χ1n) is 25.4. The van der Waals surface area contributed by atoms with E-state index in [0.29, 0.717) is 0 Å². The molecule has 2 aliphatic rings. The van der Waals surface area contributed by atoms with Crippen LogP contribution in [-0.4, -0.2) is 12.6 Å². The Morgan fingerprint density at radius 1 is 0.370 bits per heavy atom. The second kappa shape index (κ2) is 15.8. The van der Waals surface area contributed by atoms with Gasteiger partial charge in [-0.15, -0.1) is 0 Å². The van der Waals surface area contributed by atoms with Gasteiger partial charge in [-0.05, 0) is 138 Å². The van der Waals surface area contributed by atoms with Gasteiger partial charge >= 0.3 is 0 Å². The van der Waals surface area contributed by atoms with Crippen molar-refractivity contribution in [3.63, 3.8) is 0 Å². The number of aromatic nitrogens is 1. The fraction of sp³-hybridized carbons (Fsp3) is 0.0435. The molecular formula is C69H48N2OSi. The van der Waals surface area contributed by atoms with Crippen molar-refractivity contribution in [2.45, 2.75) is 19.3 Å². The van der Waals surface area contributed by atoms with Crippen molar-refractivity contribution in [1.82, 2.24) is 4.57 Å². The highest BCUT2D eigenvalue weighted by Crippen LogP contribution is 2.51. The third-order valence-corrected chi connectivity index (χ3v) is 21.1. The zero-order chi connectivity index (χ0) is 48.4. The van der Waals surface area contributed by atoms with E-state index >= 15 is 0 Å². The number of hydrogen-bond donors (Lipinski definition) is 0. The van der Waals surface area contributed by atoms with Crippen LogP contribution < -0.4 is 25.6 Å². The van der Waals surface area contributed by atoms with Crippen LogP contribution in [0.15, 0.2) is 259 Å². The first-order valence-corrected chi connectivity index (χ1v) is 27.4. The van der Waals surface area contributed by atoms with Gasteiger partial charge in [-0.2, -0.15) is 0 Å². The molecule has 1 aliphatic heterocycles. The number of nitrogens with zero attached hydrogens (tertiary/aromatic N) is 2. The van der Waals surface area contributed by atoms with E-state index in [4.69, 9.17) is 4.42 Å². The number of para-hydroxylation sites is 2. The lowest BCUT2D eigenvalue weighted by molar-refractivity contribution is 0.660. The van der Waals surface area contributed by atoms with Gasteiger partial charge in [0.25, 0.3) is 0 Å². The summed E-state index contributed by atoms with van der Waals surface area (Å²) in [7, 11) is -2.65. The molecule has 0 N–H and O–H groups in total. The summed E-state index contributed by atoms with van der Waals surface area (Å²) < 4.78 is 9.25. The summed E-state index contributed by atoms with van der Waals surface area (Å²) in [6, 6.07) is 94.7. The molecule has 0 saturated carbocycles. The molecule has 0 unspecified atom stereocenters. The quantitative estimate of drug-likeness (QED) is 0.149. The van der Waals surface area contributed by atoms with Crippen molar-refractivity contribution < 1.29 is 4.42 Å². The lowest BCUT2D eigenvalue weighted by Crippen LogP contribution is -2.72. The molecule has 4 heteroatoms. The molecule has 13 aromatic rings. The Kier molecular flexibility index (Phi) is 9.03. The smallest absolute Gasteiger partial charge is 0.180 e. The standard InChI is InChI=1S/C69H48N2OSi/c1-69(2)61-28-13-9-24-53(61)54-37-33-49(43-62(54)69)70(50-34-38-56-55-25-10-14-29-63(55)71(64(56)44-50)47-19-5-3-6-20-47)48-35-39-65-60(42-48)57-36-32-46(41-66(57)72-65)45-18-17-23-52(40-45)73(51-21-7-4-8-22-51)67-30-15-11-26-58(67)59-27-12-16-31-68(59)73/h3-44H,1-2H3. The molecule has 0 amide bonds. The summed E-state index contributed by atoms with van der Waals surface area (Å²) in [4.78, 5) is 2.44. The van der Waals surface area contributed by atoms with E-state index in [9.17, 15) is 0 Å². The largest absolute Gasteiger partial charge is 0.456 e. The molecule has 0 atom stereocenters. The summed E-state index contributed by atoms with van der Waals surface area (Å²) in [6.07, 6.45) is 0. The van der Waals surface area contributed by atoms with Gasteiger partial charge in [-0.25, -0.2) is 0 Å². The van der Waals surface area contributed by atoms with Crippen molar-refractivity contribution in [3.05, 3.63) is 266 Å². The van der Waals surface area contributed by atoms with Crippen LogP contribution >= 0.6 is 0 Å². The van der Waals surface area contributed by atoms with Crippen molar-refractivity contribution in [2.24, 2.45) is 0 Å². The number of hydrogen-bond acceptors (Lipinski definition) is 2. The van der Waals surface area contributed by atoms with E-state index in [1.807, 2.05) is 0 Å². The number of fused-ring (bicyclic) bond motifs is 12. The minimum Gasteiger partial charge on any atom is -0.456 e. The van der Waals surface area contributed by atoms with Gasteiger partial charge in [0.1, 0.15) is 11.2 Å². The number of anilines is 3. The van der Waals surface area contributed by atoms with E-state index in [-0.39, 0.29) is 5.41 Å². The van der Waals surface area contributed by atoms with Crippen LogP contribution in [0.4, 0.5) is 17.1 Å². The minimum atomic E-state index is -2.65. The number of rotatable bonds is 7. The van der Waals surface area contributed by atoms with E-state index in [1.54, 1.807) is 0 Å². The lowest BCUT2D eigenvalue weighted by Gasteiger charge is -2.31. The SMILES string of the molecule is CC1(C)c2ccccc2-c2ccc(N(c3ccc4oc5cc(-c6cccc([Si]7(c8ccccc8)c8ccccc8-c8ccccc87)c6)ccc5c4c3)c3ccc4c5ccccc5n(-c5ccccc5)c4c3)cc21. The molecule has 15 rings (SSSR count). The van der Waals surface area contributed by atoms with Crippen molar-refractivity contribution >= 4 is 89.6 Å². The molecule has 3 heterocycles. The molecule has 11 aromatic carbocycles. The van der Waals surface area contributed by atoms with Gasteiger partial charge in [0.05, 0.1) is 11.0 Å². The molecule has 0 radical (unpaired) electrons. The highest BCUT2D eigenvalue weighted by atomic mass is 28.3. The van der Waals surface area contributed by atoms with Crippen molar-refractivity contribution in [2.75, 3.05) is 4.90 Å². The monoisotopic (exact) mass is 948 g/mol. The van der Waals surface area contributed by atoms with Crippen molar-refractivity contribution in [3.8, 4) is 39.1 Å². The van der Waals surface area contributed by atoms with Crippen LogP contribution in [0, 0.1) is 0 Å².